The number of piperidine rings is 1. The lowest BCUT2D eigenvalue weighted by molar-refractivity contribution is 0.226. The lowest BCUT2D eigenvalue weighted by atomic mass is 10.1. The first kappa shape index (κ1) is 11.6. The minimum absolute atomic E-state index is 0.632. The van der Waals surface area contributed by atoms with Crippen LogP contribution in [0.5, 0.6) is 0 Å². The Bertz CT molecular complexity index is 325. The normalized spacial score (nSPS) is 22.6. The lowest BCUT2D eigenvalue weighted by Gasteiger charge is -2.30. The molecular formula is C12H22N4. The van der Waals surface area contributed by atoms with E-state index in [2.05, 4.69) is 41.3 Å². The highest BCUT2D eigenvalue weighted by Gasteiger charge is 2.17. The molecule has 1 saturated heterocycles. The number of likely N-dealkylation sites (N-methyl/N-ethyl adjacent to an activating group) is 1. The molecule has 0 amide bonds. The molecule has 16 heavy (non-hydrogen) atoms. The van der Waals surface area contributed by atoms with Crippen molar-refractivity contribution in [2.45, 2.75) is 39.3 Å². The summed E-state index contributed by atoms with van der Waals surface area (Å²) in [5.41, 5.74) is 3.64. The van der Waals surface area contributed by atoms with Crippen molar-refractivity contribution in [3.63, 3.8) is 0 Å². The zero-order valence-corrected chi connectivity index (χ0v) is 10.5. The van der Waals surface area contributed by atoms with Crippen LogP contribution in [0.15, 0.2) is 0 Å². The largest absolute Gasteiger partial charge is 0.309 e. The Balaban J connectivity index is 1.87. The summed E-state index contributed by atoms with van der Waals surface area (Å²) in [6.07, 6.45) is 2.60. The number of aromatic nitrogens is 2. The van der Waals surface area contributed by atoms with E-state index in [0.29, 0.717) is 6.04 Å². The molecule has 1 unspecified atom stereocenters. The fourth-order valence-corrected chi connectivity index (χ4v) is 2.41. The van der Waals surface area contributed by atoms with E-state index in [1.807, 2.05) is 0 Å². The Kier molecular flexibility index (Phi) is 3.61. The van der Waals surface area contributed by atoms with Crippen LogP contribution in [0.2, 0.25) is 0 Å². The van der Waals surface area contributed by atoms with Crippen molar-refractivity contribution in [3.8, 4) is 0 Å². The first-order valence-corrected chi connectivity index (χ1v) is 6.09. The number of likely N-dealkylation sites (tertiary alicyclic amines) is 1. The van der Waals surface area contributed by atoms with Gasteiger partial charge in [0, 0.05) is 30.4 Å². The van der Waals surface area contributed by atoms with Gasteiger partial charge in [-0.05, 0) is 40.3 Å². The lowest BCUT2D eigenvalue weighted by Crippen LogP contribution is -2.43. The predicted molar refractivity (Wildman–Crippen MR) is 65.4 cm³/mol. The molecule has 1 aliphatic heterocycles. The zero-order chi connectivity index (χ0) is 11.5. The molecule has 0 bridgehead atoms. The smallest absolute Gasteiger partial charge is 0.0638 e. The van der Waals surface area contributed by atoms with Crippen molar-refractivity contribution >= 4 is 0 Å². The standard InChI is InChI=1S/C12H22N4/c1-9-12(10(2)15-14-9)7-13-11-5-4-6-16(3)8-11/h11,13H,4-8H2,1-3H3,(H,14,15). The van der Waals surface area contributed by atoms with Gasteiger partial charge in [0.05, 0.1) is 5.69 Å². The van der Waals surface area contributed by atoms with Gasteiger partial charge in [-0.2, -0.15) is 5.10 Å². The fourth-order valence-electron chi connectivity index (χ4n) is 2.41. The van der Waals surface area contributed by atoms with Crippen LogP contribution in [0.1, 0.15) is 29.8 Å². The van der Waals surface area contributed by atoms with Gasteiger partial charge in [0.2, 0.25) is 0 Å². The van der Waals surface area contributed by atoms with Crippen LogP contribution >= 0.6 is 0 Å². The quantitative estimate of drug-likeness (QED) is 0.808. The van der Waals surface area contributed by atoms with Gasteiger partial charge in [-0.1, -0.05) is 0 Å². The van der Waals surface area contributed by atoms with E-state index in [0.717, 1.165) is 18.8 Å². The second-order valence-corrected chi connectivity index (χ2v) is 4.89. The number of hydrogen-bond donors (Lipinski definition) is 2. The topological polar surface area (TPSA) is 44.0 Å². The van der Waals surface area contributed by atoms with E-state index in [1.165, 1.54) is 30.6 Å². The molecule has 0 aliphatic carbocycles. The highest BCUT2D eigenvalue weighted by molar-refractivity contribution is 5.22. The highest BCUT2D eigenvalue weighted by atomic mass is 15.1. The van der Waals surface area contributed by atoms with E-state index in [1.54, 1.807) is 0 Å². The minimum atomic E-state index is 0.632. The molecule has 1 atom stereocenters. The Labute approximate surface area is 97.4 Å². The molecular weight excluding hydrogens is 200 g/mol. The Hall–Kier alpha value is -0.870. The molecule has 0 spiro atoms. The van der Waals surface area contributed by atoms with Crippen molar-refractivity contribution in [2.24, 2.45) is 0 Å². The van der Waals surface area contributed by atoms with Gasteiger partial charge < -0.3 is 10.2 Å². The van der Waals surface area contributed by atoms with E-state index < -0.39 is 0 Å². The SMILES string of the molecule is Cc1n[nH]c(C)c1CNC1CCCN(C)C1. The average molecular weight is 222 g/mol. The average Bonchev–Trinajstić information content (AvgIpc) is 2.56. The van der Waals surface area contributed by atoms with Crippen LogP contribution in [-0.2, 0) is 6.54 Å². The second-order valence-electron chi connectivity index (χ2n) is 4.89. The number of nitrogens with zero attached hydrogens (tertiary/aromatic N) is 2. The maximum atomic E-state index is 4.22. The number of H-pyrrole nitrogens is 1. The Morgan fingerprint density at radius 1 is 1.50 bits per heavy atom. The fraction of sp³-hybridized carbons (Fsp3) is 0.750. The molecule has 1 fully saturated rings. The summed E-state index contributed by atoms with van der Waals surface area (Å²) in [4.78, 5) is 2.40. The van der Waals surface area contributed by atoms with Gasteiger partial charge >= 0.3 is 0 Å². The van der Waals surface area contributed by atoms with E-state index in [-0.39, 0.29) is 0 Å². The second kappa shape index (κ2) is 4.97. The molecule has 90 valence electrons. The van der Waals surface area contributed by atoms with E-state index in [4.69, 9.17) is 0 Å². The van der Waals surface area contributed by atoms with Crippen molar-refractivity contribution in [1.29, 1.82) is 0 Å². The van der Waals surface area contributed by atoms with Gasteiger partial charge in [-0.15, -0.1) is 0 Å². The molecule has 2 rings (SSSR count). The first-order valence-electron chi connectivity index (χ1n) is 6.09. The van der Waals surface area contributed by atoms with Gasteiger partial charge in [-0.25, -0.2) is 0 Å². The Morgan fingerprint density at radius 3 is 2.94 bits per heavy atom. The molecule has 0 saturated carbocycles. The monoisotopic (exact) mass is 222 g/mol. The third-order valence-electron chi connectivity index (χ3n) is 3.47. The zero-order valence-electron chi connectivity index (χ0n) is 10.5. The number of rotatable bonds is 3. The van der Waals surface area contributed by atoms with Crippen LogP contribution in [0, 0.1) is 13.8 Å². The van der Waals surface area contributed by atoms with Crippen molar-refractivity contribution in [1.82, 2.24) is 20.4 Å². The van der Waals surface area contributed by atoms with Crippen LogP contribution < -0.4 is 5.32 Å². The maximum Gasteiger partial charge on any atom is 0.0638 e. The van der Waals surface area contributed by atoms with Crippen LogP contribution in [0.3, 0.4) is 0 Å². The number of nitrogens with one attached hydrogen (secondary N) is 2. The van der Waals surface area contributed by atoms with Crippen molar-refractivity contribution in [3.05, 3.63) is 17.0 Å². The molecule has 0 aromatic carbocycles. The number of hydrogen-bond acceptors (Lipinski definition) is 3. The summed E-state index contributed by atoms with van der Waals surface area (Å²) in [5.74, 6) is 0. The van der Waals surface area contributed by atoms with E-state index >= 15 is 0 Å². The van der Waals surface area contributed by atoms with Crippen LogP contribution in [0.25, 0.3) is 0 Å². The molecule has 0 radical (unpaired) electrons. The third-order valence-corrected chi connectivity index (χ3v) is 3.47. The summed E-state index contributed by atoms with van der Waals surface area (Å²) < 4.78 is 0. The molecule has 4 nitrogen and oxygen atoms in total. The van der Waals surface area contributed by atoms with Crippen LogP contribution in [0.4, 0.5) is 0 Å². The van der Waals surface area contributed by atoms with Crippen LogP contribution in [-0.4, -0.2) is 41.3 Å². The molecule has 4 heteroatoms. The molecule has 1 aromatic heterocycles. The van der Waals surface area contributed by atoms with Gasteiger partial charge in [0.25, 0.3) is 0 Å². The van der Waals surface area contributed by atoms with Gasteiger partial charge in [0.1, 0.15) is 0 Å². The van der Waals surface area contributed by atoms with E-state index in [9.17, 15) is 0 Å². The predicted octanol–water partition coefficient (Wildman–Crippen LogP) is 1.21. The van der Waals surface area contributed by atoms with Gasteiger partial charge in [0.15, 0.2) is 0 Å². The summed E-state index contributed by atoms with van der Waals surface area (Å²) in [7, 11) is 2.20. The van der Waals surface area contributed by atoms with Gasteiger partial charge in [-0.3, -0.25) is 5.10 Å². The summed E-state index contributed by atoms with van der Waals surface area (Å²) in [5, 5.41) is 10.9. The summed E-state index contributed by atoms with van der Waals surface area (Å²) in [6, 6.07) is 0.632. The summed E-state index contributed by atoms with van der Waals surface area (Å²) in [6.45, 7) is 7.49. The highest BCUT2D eigenvalue weighted by Crippen LogP contribution is 2.12. The number of aryl methyl sites for hydroxylation is 2. The molecule has 1 aromatic rings. The Morgan fingerprint density at radius 2 is 2.31 bits per heavy atom. The number of aromatic amines is 1. The van der Waals surface area contributed by atoms with Crippen molar-refractivity contribution in [2.75, 3.05) is 20.1 Å². The first-order chi connectivity index (χ1) is 7.66. The van der Waals surface area contributed by atoms with Crippen molar-refractivity contribution < 1.29 is 0 Å². The molecule has 1 aliphatic rings. The molecule has 2 N–H and O–H groups in total. The molecule has 2 heterocycles. The minimum Gasteiger partial charge on any atom is -0.309 e. The maximum absolute atomic E-state index is 4.22. The third kappa shape index (κ3) is 2.62. The summed E-state index contributed by atoms with van der Waals surface area (Å²) >= 11 is 0.